The molecule has 17 heavy (non-hydrogen) atoms. The molecule has 4 heteroatoms. The van der Waals surface area contributed by atoms with E-state index in [0.717, 1.165) is 36.6 Å². The van der Waals surface area contributed by atoms with Crippen LogP contribution in [0, 0.1) is 0 Å². The lowest BCUT2D eigenvalue weighted by Gasteiger charge is -2.15. The van der Waals surface area contributed by atoms with Gasteiger partial charge in [-0.1, -0.05) is 0 Å². The van der Waals surface area contributed by atoms with Crippen LogP contribution in [0.2, 0.25) is 0 Å². The summed E-state index contributed by atoms with van der Waals surface area (Å²) in [6, 6.07) is 6.46. The number of nitrogens with one attached hydrogen (secondary N) is 1. The molecule has 1 aromatic rings. The Bertz CT molecular complexity index is 364. The third-order valence-electron chi connectivity index (χ3n) is 2.80. The Labute approximate surface area is 107 Å². The molecular formula is C13H18ClNO2. The third kappa shape index (κ3) is 3.27. The van der Waals surface area contributed by atoms with Crippen LogP contribution in [0.1, 0.15) is 18.9 Å². The van der Waals surface area contributed by atoms with Crippen LogP contribution in [-0.2, 0) is 10.6 Å². The largest absolute Gasteiger partial charge is 0.494 e. The summed E-state index contributed by atoms with van der Waals surface area (Å²) in [4.78, 5) is 0. The minimum absolute atomic E-state index is 0.413. The quantitative estimate of drug-likeness (QED) is 0.821. The summed E-state index contributed by atoms with van der Waals surface area (Å²) < 4.78 is 10.9. The Morgan fingerprint density at radius 3 is 3.06 bits per heavy atom. The van der Waals surface area contributed by atoms with Gasteiger partial charge in [-0.15, -0.1) is 11.6 Å². The highest BCUT2D eigenvalue weighted by atomic mass is 35.5. The zero-order valence-electron chi connectivity index (χ0n) is 10.0. The average Bonchev–Trinajstić information content (AvgIpc) is 2.84. The van der Waals surface area contributed by atoms with Crippen molar-refractivity contribution in [3.8, 4) is 5.75 Å². The molecule has 1 aliphatic heterocycles. The molecule has 1 N–H and O–H groups in total. The van der Waals surface area contributed by atoms with Crippen LogP contribution in [0.3, 0.4) is 0 Å². The van der Waals surface area contributed by atoms with E-state index in [9.17, 15) is 0 Å². The zero-order valence-corrected chi connectivity index (χ0v) is 10.8. The number of ether oxygens (including phenoxy) is 2. The maximum atomic E-state index is 5.92. The van der Waals surface area contributed by atoms with Gasteiger partial charge in [0.2, 0.25) is 0 Å². The second-order valence-corrected chi connectivity index (χ2v) is 4.36. The second kappa shape index (κ2) is 6.12. The van der Waals surface area contributed by atoms with E-state index in [1.807, 2.05) is 19.1 Å². The van der Waals surface area contributed by atoms with Gasteiger partial charge >= 0.3 is 0 Å². The number of hydrogen-bond acceptors (Lipinski definition) is 3. The van der Waals surface area contributed by atoms with Crippen molar-refractivity contribution >= 4 is 17.3 Å². The fourth-order valence-electron chi connectivity index (χ4n) is 1.95. The van der Waals surface area contributed by atoms with E-state index < -0.39 is 0 Å². The topological polar surface area (TPSA) is 30.5 Å². The lowest BCUT2D eigenvalue weighted by Crippen LogP contribution is -2.18. The van der Waals surface area contributed by atoms with Crippen molar-refractivity contribution < 1.29 is 9.47 Å². The molecule has 3 nitrogen and oxygen atoms in total. The molecule has 0 amide bonds. The molecule has 0 radical (unpaired) electrons. The van der Waals surface area contributed by atoms with Crippen molar-refractivity contribution in [2.45, 2.75) is 25.3 Å². The first-order valence-electron chi connectivity index (χ1n) is 5.99. The summed E-state index contributed by atoms with van der Waals surface area (Å²) in [6.45, 7) is 4.26. The number of anilines is 1. The summed E-state index contributed by atoms with van der Waals surface area (Å²) in [7, 11) is 0. The van der Waals surface area contributed by atoms with Crippen LogP contribution >= 0.6 is 11.6 Å². The van der Waals surface area contributed by atoms with Crippen LogP contribution in [0.4, 0.5) is 5.69 Å². The van der Waals surface area contributed by atoms with Gasteiger partial charge < -0.3 is 14.8 Å². The molecule has 0 saturated carbocycles. The standard InChI is InChI=1S/C13H18ClNO2/c1-2-17-13-4-3-11(7-10(13)8-14)15-12-5-6-16-9-12/h3-4,7,12,15H,2,5-6,8-9H2,1H3. The van der Waals surface area contributed by atoms with Crippen molar-refractivity contribution in [2.75, 3.05) is 25.1 Å². The van der Waals surface area contributed by atoms with Gasteiger partial charge in [0.05, 0.1) is 25.1 Å². The van der Waals surface area contributed by atoms with Gasteiger partial charge in [0.15, 0.2) is 0 Å². The van der Waals surface area contributed by atoms with Gasteiger partial charge in [-0.3, -0.25) is 0 Å². The Morgan fingerprint density at radius 2 is 2.41 bits per heavy atom. The van der Waals surface area contributed by atoms with E-state index in [0.29, 0.717) is 18.5 Å². The van der Waals surface area contributed by atoms with Crippen LogP contribution < -0.4 is 10.1 Å². The molecular weight excluding hydrogens is 238 g/mol. The highest BCUT2D eigenvalue weighted by Gasteiger charge is 2.15. The van der Waals surface area contributed by atoms with E-state index in [-0.39, 0.29) is 0 Å². The highest BCUT2D eigenvalue weighted by molar-refractivity contribution is 6.17. The zero-order chi connectivity index (χ0) is 12.1. The first-order valence-corrected chi connectivity index (χ1v) is 6.53. The molecule has 94 valence electrons. The molecule has 1 aromatic carbocycles. The number of hydrogen-bond donors (Lipinski definition) is 1. The molecule has 1 fully saturated rings. The van der Waals surface area contributed by atoms with Gasteiger partial charge in [-0.25, -0.2) is 0 Å². The monoisotopic (exact) mass is 255 g/mol. The Morgan fingerprint density at radius 1 is 1.53 bits per heavy atom. The number of halogens is 1. The van der Waals surface area contributed by atoms with Crippen LogP contribution in [0.15, 0.2) is 18.2 Å². The van der Waals surface area contributed by atoms with Crippen molar-refractivity contribution in [1.29, 1.82) is 0 Å². The predicted molar refractivity (Wildman–Crippen MR) is 70.0 cm³/mol. The maximum Gasteiger partial charge on any atom is 0.123 e. The van der Waals surface area contributed by atoms with E-state index in [2.05, 4.69) is 11.4 Å². The van der Waals surface area contributed by atoms with Crippen molar-refractivity contribution in [2.24, 2.45) is 0 Å². The first kappa shape index (κ1) is 12.5. The average molecular weight is 256 g/mol. The maximum absolute atomic E-state index is 5.92. The normalized spacial score (nSPS) is 19.3. The third-order valence-corrected chi connectivity index (χ3v) is 3.09. The van der Waals surface area contributed by atoms with Gasteiger partial charge in [0, 0.05) is 17.9 Å². The van der Waals surface area contributed by atoms with E-state index in [1.54, 1.807) is 0 Å². The number of benzene rings is 1. The molecule has 0 spiro atoms. The molecule has 0 bridgehead atoms. The first-order chi connectivity index (χ1) is 8.33. The molecule has 0 aliphatic carbocycles. The lowest BCUT2D eigenvalue weighted by atomic mass is 10.1. The lowest BCUT2D eigenvalue weighted by molar-refractivity contribution is 0.195. The van der Waals surface area contributed by atoms with Crippen LogP contribution in [0.5, 0.6) is 5.75 Å². The van der Waals surface area contributed by atoms with E-state index in [4.69, 9.17) is 21.1 Å². The molecule has 1 heterocycles. The van der Waals surface area contributed by atoms with Gasteiger partial charge in [0.1, 0.15) is 5.75 Å². The Hall–Kier alpha value is -0.930. The van der Waals surface area contributed by atoms with Gasteiger partial charge in [-0.2, -0.15) is 0 Å². The molecule has 1 saturated heterocycles. The highest BCUT2D eigenvalue weighted by Crippen LogP contribution is 2.25. The van der Waals surface area contributed by atoms with Gasteiger partial charge in [0.25, 0.3) is 0 Å². The fraction of sp³-hybridized carbons (Fsp3) is 0.538. The minimum atomic E-state index is 0.413. The summed E-state index contributed by atoms with van der Waals surface area (Å²) in [6.07, 6.45) is 1.06. The summed E-state index contributed by atoms with van der Waals surface area (Å²) in [5, 5.41) is 3.45. The van der Waals surface area contributed by atoms with Crippen molar-refractivity contribution in [3.63, 3.8) is 0 Å². The van der Waals surface area contributed by atoms with E-state index >= 15 is 0 Å². The smallest absolute Gasteiger partial charge is 0.123 e. The number of alkyl halides is 1. The number of rotatable bonds is 5. The Balaban J connectivity index is 2.07. The van der Waals surface area contributed by atoms with Crippen molar-refractivity contribution in [3.05, 3.63) is 23.8 Å². The summed E-state index contributed by atoms with van der Waals surface area (Å²) in [5.41, 5.74) is 2.11. The predicted octanol–water partition coefficient (Wildman–Crippen LogP) is 3.02. The van der Waals surface area contributed by atoms with Gasteiger partial charge in [-0.05, 0) is 31.5 Å². The van der Waals surface area contributed by atoms with Crippen molar-refractivity contribution in [1.82, 2.24) is 0 Å². The molecule has 2 rings (SSSR count). The fourth-order valence-corrected chi connectivity index (χ4v) is 2.16. The summed E-state index contributed by atoms with van der Waals surface area (Å²) in [5.74, 6) is 1.34. The van der Waals surface area contributed by atoms with Crippen LogP contribution in [-0.4, -0.2) is 25.9 Å². The summed E-state index contributed by atoms with van der Waals surface area (Å²) >= 11 is 5.92. The van der Waals surface area contributed by atoms with Crippen LogP contribution in [0.25, 0.3) is 0 Å². The minimum Gasteiger partial charge on any atom is -0.494 e. The molecule has 1 atom stereocenters. The SMILES string of the molecule is CCOc1ccc(NC2CCOC2)cc1CCl. The second-order valence-electron chi connectivity index (χ2n) is 4.09. The van der Waals surface area contributed by atoms with E-state index in [1.165, 1.54) is 0 Å². The molecule has 0 aromatic heterocycles. The molecule has 1 unspecified atom stereocenters. The molecule has 1 aliphatic rings. The Kier molecular flexibility index (Phi) is 4.51.